The van der Waals surface area contributed by atoms with Gasteiger partial charge in [0.05, 0.1) is 0 Å². The van der Waals surface area contributed by atoms with E-state index in [1.807, 2.05) is 6.07 Å². The Morgan fingerprint density at radius 2 is 1.44 bits per heavy atom. The van der Waals surface area contributed by atoms with Gasteiger partial charge in [-0.15, -0.1) is 0 Å². The zero-order valence-corrected chi connectivity index (χ0v) is 19.4. The molecule has 3 heteroatoms. The Bertz CT molecular complexity index is 896. The highest BCUT2D eigenvalue weighted by atomic mass is 19.2. The molecule has 0 spiro atoms. The molecule has 0 amide bonds. The van der Waals surface area contributed by atoms with Gasteiger partial charge < -0.3 is 0 Å². The number of fused-ring (bicyclic) bond motifs is 1. The fraction of sp³-hybridized carbons (Fsp3) is 0.586. The van der Waals surface area contributed by atoms with Crippen molar-refractivity contribution >= 4 is 0 Å². The Balaban J connectivity index is 1.33. The molecule has 0 aromatic heterocycles. The van der Waals surface area contributed by atoms with Crippen LogP contribution in [0, 0.1) is 23.4 Å². The van der Waals surface area contributed by atoms with Gasteiger partial charge in [0.25, 0.3) is 0 Å². The molecule has 0 radical (unpaired) electrons. The van der Waals surface area contributed by atoms with E-state index in [-0.39, 0.29) is 11.7 Å². The highest BCUT2D eigenvalue weighted by Gasteiger charge is 2.26. The molecule has 0 saturated heterocycles. The van der Waals surface area contributed by atoms with Gasteiger partial charge in [0.2, 0.25) is 0 Å². The second-order valence-electron chi connectivity index (χ2n) is 10.2. The lowest BCUT2D eigenvalue weighted by molar-refractivity contribution is 0.301. The third-order valence-corrected chi connectivity index (χ3v) is 7.97. The van der Waals surface area contributed by atoms with E-state index < -0.39 is 11.6 Å². The second kappa shape index (κ2) is 10.9. The van der Waals surface area contributed by atoms with Crippen LogP contribution in [0.1, 0.15) is 112 Å². The monoisotopic (exact) mass is 442 g/mol. The summed E-state index contributed by atoms with van der Waals surface area (Å²) in [5.41, 5.74) is 3.54. The van der Waals surface area contributed by atoms with E-state index in [4.69, 9.17) is 0 Å². The number of hydrogen-bond donors (Lipinski definition) is 0. The Labute approximate surface area is 191 Å². The Morgan fingerprint density at radius 1 is 0.719 bits per heavy atom. The highest BCUT2D eigenvalue weighted by molar-refractivity contribution is 5.37. The maximum absolute atomic E-state index is 15.1. The van der Waals surface area contributed by atoms with Crippen LogP contribution >= 0.6 is 0 Å². The minimum atomic E-state index is -0.809. The van der Waals surface area contributed by atoms with Gasteiger partial charge >= 0.3 is 0 Å². The van der Waals surface area contributed by atoms with Crippen LogP contribution in [0.3, 0.4) is 0 Å². The number of aryl methyl sites for hydroxylation is 1. The van der Waals surface area contributed by atoms with E-state index in [1.54, 1.807) is 6.07 Å². The van der Waals surface area contributed by atoms with Crippen molar-refractivity contribution in [2.45, 2.75) is 102 Å². The van der Waals surface area contributed by atoms with Crippen molar-refractivity contribution in [3.8, 4) is 0 Å². The molecule has 4 rings (SSSR count). The van der Waals surface area contributed by atoms with Gasteiger partial charge in [0, 0.05) is 0 Å². The van der Waals surface area contributed by atoms with E-state index in [0.717, 1.165) is 34.6 Å². The minimum Gasteiger partial charge on any atom is -0.207 e. The van der Waals surface area contributed by atoms with Gasteiger partial charge in [-0.1, -0.05) is 57.6 Å². The zero-order valence-electron chi connectivity index (χ0n) is 19.4. The minimum absolute atomic E-state index is 0.0323. The summed E-state index contributed by atoms with van der Waals surface area (Å²) < 4.78 is 42.3. The molecule has 2 aromatic rings. The van der Waals surface area contributed by atoms with E-state index in [2.05, 4.69) is 13.0 Å². The average Bonchev–Trinajstić information content (AvgIpc) is 2.80. The topological polar surface area (TPSA) is 0 Å². The summed E-state index contributed by atoms with van der Waals surface area (Å²) in [6.45, 7) is 2.26. The maximum atomic E-state index is 15.1. The summed E-state index contributed by atoms with van der Waals surface area (Å²) in [6, 6.07) is 8.44. The molecule has 0 heterocycles. The molecular formula is C29H37F3. The normalized spacial score (nSPS) is 23.2. The summed E-state index contributed by atoms with van der Waals surface area (Å²) >= 11 is 0. The Kier molecular flexibility index (Phi) is 7.97. The molecule has 1 unspecified atom stereocenters. The second-order valence-corrected chi connectivity index (χ2v) is 10.2. The van der Waals surface area contributed by atoms with E-state index >= 15 is 4.39 Å². The van der Waals surface area contributed by atoms with E-state index in [9.17, 15) is 8.78 Å². The molecule has 0 bridgehead atoms. The first-order chi connectivity index (χ1) is 15.5. The Hall–Kier alpha value is -1.77. The van der Waals surface area contributed by atoms with Gasteiger partial charge in [0.1, 0.15) is 5.82 Å². The van der Waals surface area contributed by atoms with E-state index in [0.29, 0.717) is 18.8 Å². The summed E-state index contributed by atoms with van der Waals surface area (Å²) in [5, 5.41) is 0. The standard InChI is InChI=1S/C29H37F3/c1-2-3-4-5-6-7-20-8-10-21(11-9-20)22-14-15-26(27(30)17-22)24-13-12-23-18-28(31)29(32)19-25(23)16-24/h14-15,17-21,24H,2-13,16H2,1H3. The molecule has 2 aliphatic carbocycles. The molecule has 2 aliphatic rings. The van der Waals surface area contributed by atoms with E-state index in [1.165, 1.54) is 76.3 Å². The molecule has 1 atom stereocenters. The van der Waals surface area contributed by atoms with Crippen molar-refractivity contribution in [1.29, 1.82) is 0 Å². The summed E-state index contributed by atoms with van der Waals surface area (Å²) in [6.07, 6.45) is 15.0. The van der Waals surface area contributed by atoms with Crippen LogP contribution < -0.4 is 0 Å². The van der Waals surface area contributed by atoms with Crippen LogP contribution in [0.4, 0.5) is 13.2 Å². The number of hydrogen-bond acceptors (Lipinski definition) is 0. The lowest BCUT2D eigenvalue weighted by atomic mass is 9.76. The molecule has 1 fully saturated rings. The number of halogens is 3. The third-order valence-electron chi connectivity index (χ3n) is 7.97. The van der Waals surface area contributed by atoms with Crippen molar-refractivity contribution in [2.75, 3.05) is 0 Å². The quantitative estimate of drug-likeness (QED) is 0.358. The van der Waals surface area contributed by atoms with Gasteiger partial charge in [-0.3, -0.25) is 0 Å². The summed E-state index contributed by atoms with van der Waals surface area (Å²) in [5.74, 6) is -0.370. The van der Waals surface area contributed by atoms with Gasteiger partial charge in [-0.25, -0.2) is 13.2 Å². The first-order valence-corrected chi connectivity index (χ1v) is 12.8. The fourth-order valence-corrected chi connectivity index (χ4v) is 5.96. The smallest absolute Gasteiger partial charge is 0.159 e. The third kappa shape index (κ3) is 5.58. The molecule has 32 heavy (non-hydrogen) atoms. The summed E-state index contributed by atoms with van der Waals surface area (Å²) in [7, 11) is 0. The maximum Gasteiger partial charge on any atom is 0.159 e. The molecule has 0 aliphatic heterocycles. The lowest BCUT2D eigenvalue weighted by Crippen LogP contribution is -2.16. The lowest BCUT2D eigenvalue weighted by Gasteiger charge is -2.30. The number of benzene rings is 2. The molecule has 2 aromatic carbocycles. The molecule has 1 saturated carbocycles. The average molecular weight is 443 g/mol. The van der Waals surface area contributed by atoms with Crippen LogP contribution in [0.25, 0.3) is 0 Å². The van der Waals surface area contributed by atoms with Crippen molar-refractivity contribution in [3.05, 3.63) is 70.0 Å². The van der Waals surface area contributed by atoms with Crippen LogP contribution in [-0.2, 0) is 12.8 Å². The van der Waals surface area contributed by atoms with Crippen molar-refractivity contribution < 1.29 is 13.2 Å². The zero-order chi connectivity index (χ0) is 22.5. The largest absolute Gasteiger partial charge is 0.207 e. The summed E-state index contributed by atoms with van der Waals surface area (Å²) in [4.78, 5) is 0. The predicted molar refractivity (Wildman–Crippen MR) is 126 cm³/mol. The van der Waals surface area contributed by atoms with Crippen molar-refractivity contribution in [2.24, 2.45) is 5.92 Å². The molecule has 174 valence electrons. The van der Waals surface area contributed by atoms with Gasteiger partial charge in [0.15, 0.2) is 11.6 Å². The van der Waals surface area contributed by atoms with Crippen LogP contribution in [-0.4, -0.2) is 0 Å². The van der Waals surface area contributed by atoms with Crippen molar-refractivity contribution in [1.82, 2.24) is 0 Å². The first-order valence-electron chi connectivity index (χ1n) is 12.8. The van der Waals surface area contributed by atoms with Gasteiger partial charge in [-0.05, 0) is 103 Å². The Morgan fingerprint density at radius 3 is 2.16 bits per heavy atom. The predicted octanol–water partition coefficient (Wildman–Crippen LogP) is 9.01. The first kappa shape index (κ1) is 23.4. The molecule has 0 nitrogen and oxygen atoms in total. The van der Waals surface area contributed by atoms with Crippen molar-refractivity contribution in [3.63, 3.8) is 0 Å². The molecule has 0 N–H and O–H groups in total. The van der Waals surface area contributed by atoms with Crippen LogP contribution in [0.15, 0.2) is 30.3 Å². The number of unbranched alkanes of at least 4 members (excludes halogenated alkanes) is 4. The van der Waals surface area contributed by atoms with Crippen LogP contribution in [0.2, 0.25) is 0 Å². The number of rotatable bonds is 8. The fourth-order valence-electron chi connectivity index (χ4n) is 5.96. The van der Waals surface area contributed by atoms with Crippen LogP contribution in [0.5, 0.6) is 0 Å². The SMILES string of the molecule is CCCCCCCC1CCC(c2ccc(C3CCc4cc(F)c(F)cc4C3)c(F)c2)CC1. The molecular weight excluding hydrogens is 405 g/mol. The van der Waals surface area contributed by atoms with Gasteiger partial charge in [-0.2, -0.15) is 0 Å². The highest BCUT2D eigenvalue weighted by Crippen LogP contribution is 2.40.